The first-order valence-electron chi connectivity index (χ1n) is 11.2. The summed E-state index contributed by atoms with van der Waals surface area (Å²) in [6, 6.07) is 13.7. The van der Waals surface area contributed by atoms with Crippen LogP contribution in [0.25, 0.3) is 22.3 Å². The SMILES string of the molecule is Cc1nn(CC(=O)N2CCN(C(=O)c3ccco3)CC2)c2nc(-c3ccccc3)cc(C(F)F)c12. The predicted molar refractivity (Wildman–Crippen MR) is 124 cm³/mol. The highest BCUT2D eigenvalue weighted by Gasteiger charge is 2.27. The molecule has 35 heavy (non-hydrogen) atoms. The van der Waals surface area contributed by atoms with Gasteiger partial charge in [0.25, 0.3) is 12.3 Å². The number of pyridine rings is 1. The van der Waals surface area contributed by atoms with Gasteiger partial charge < -0.3 is 14.2 Å². The van der Waals surface area contributed by atoms with E-state index in [0.29, 0.717) is 43.1 Å². The minimum Gasteiger partial charge on any atom is -0.459 e. The van der Waals surface area contributed by atoms with E-state index in [-0.39, 0.29) is 40.7 Å². The molecule has 4 aromatic rings. The molecule has 0 aliphatic carbocycles. The van der Waals surface area contributed by atoms with Crippen LogP contribution in [-0.4, -0.2) is 62.6 Å². The van der Waals surface area contributed by atoms with Gasteiger partial charge in [-0.1, -0.05) is 30.3 Å². The van der Waals surface area contributed by atoms with Crippen molar-refractivity contribution in [3.63, 3.8) is 0 Å². The molecule has 0 N–H and O–H groups in total. The zero-order valence-corrected chi connectivity index (χ0v) is 19.0. The number of aryl methyl sites for hydroxylation is 1. The molecule has 4 heterocycles. The van der Waals surface area contributed by atoms with Crippen molar-refractivity contribution in [2.75, 3.05) is 26.2 Å². The summed E-state index contributed by atoms with van der Waals surface area (Å²) in [6.07, 6.45) is -1.27. The summed E-state index contributed by atoms with van der Waals surface area (Å²) < 4.78 is 34.5. The fourth-order valence-electron chi connectivity index (χ4n) is 4.37. The number of hydrogen-bond acceptors (Lipinski definition) is 5. The van der Waals surface area contributed by atoms with Crippen molar-refractivity contribution in [3.8, 4) is 11.3 Å². The summed E-state index contributed by atoms with van der Waals surface area (Å²) in [5.41, 5.74) is 1.58. The van der Waals surface area contributed by atoms with E-state index < -0.39 is 6.43 Å². The van der Waals surface area contributed by atoms with E-state index in [1.54, 1.807) is 41.0 Å². The van der Waals surface area contributed by atoms with Gasteiger partial charge in [-0.15, -0.1) is 0 Å². The third-order valence-corrected chi connectivity index (χ3v) is 6.15. The van der Waals surface area contributed by atoms with Crippen LogP contribution in [0.3, 0.4) is 0 Å². The van der Waals surface area contributed by atoms with Crippen molar-refractivity contribution in [2.24, 2.45) is 0 Å². The van der Waals surface area contributed by atoms with Crippen LogP contribution in [0.4, 0.5) is 8.78 Å². The molecule has 0 spiro atoms. The largest absolute Gasteiger partial charge is 0.459 e. The van der Waals surface area contributed by atoms with Crippen LogP contribution in [-0.2, 0) is 11.3 Å². The second-order valence-corrected chi connectivity index (χ2v) is 8.36. The molecule has 2 amide bonds. The highest BCUT2D eigenvalue weighted by molar-refractivity contribution is 5.91. The quantitative estimate of drug-likeness (QED) is 0.433. The molecule has 0 atom stereocenters. The fraction of sp³-hybridized carbons (Fsp3) is 0.280. The van der Waals surface area contributed by atoms with Crippen LogP contribution in [0, 0.1) is 6.92 Å². The van der Waals surface area contributed by atoms with Gasteiger partial charge in [0, 0.05) is 37.3 Å². The number of fused-ring (bicyclic) bond motifs is 1. The van der Waals surface area contributed by atoms with Crippen molar-refractivity contribution >= 4 is 22.8 Å². The van der Waals surface area contributed by atoms with E-state index >= 15 is 0 Å². The van der Waals surface area contributed by atoms with Crippen molar-refractivity contribution in [1.29, 1.82) is 0 Å². The lowest BCUT2D eigenvalue weighted by atomic mass is 10.1. The molecular weight excluding hydrogens is 456 g/mol. The average molecular weight is 479 g/mol. The van der Waals surface area contributed by atoms with Crippen molar-refractivity contribution in [2.45, 2.75) is 19.9 Å². The van der Waals surface area contributed by atoms with Gasteiger partial charge in [-0.05, 0) is 25.1 Å². The number of carbonyl (C=O) groups excluding carboxylic acids is 2. The minimum atomic E-state index is -2.71. The molecule has 1 aromatic carbocycles. The zero-order chi connectivity index (χ0) is 24.5. The van der Waals surface area contributed by atoms with Crippen molar-refractivity contribution in [1.82, 2.24) is 24.6 Å². The summed E-state index contributed by atoms with van der Waals surface area (Å²) >= 11 is 0. The molecule has 0 unspecified atom stereocenters. The summed E-state index contributed by atoms with van der Waals surface area (Å²) in [4.78, 5) is 33.4. The van der Waals surface area contributed by atoms with Crippen LogP contribution < -0.4 is 0 Å². The number of nitrogens with zero attached hydrogens (tertiary/aromatic N) is 5. The highest BCUT2D eigenvalue weighted by atomic mass is 19.3. The molecular formula is C25H23F2N5O3. The lowest BCUT2D eigenvalue weighted by Crippen LogP contribution is -2.51. The number of carbonyl (C=O) groups is 2. The molecule has 0 saturated carbocycles. The monoisotopic (exact) mass is 479 g/mol. The van der Waals surface area contributed by atoms with E-state index in [2.05, 4.69) is 10.1 Å². The number of alkyl halides is 2. The average Bonchev–Trinajstić information content (AvgIpc) is 3.52. The maximum Gasteiger partial charge on any atom is 0.289 e. The molecule has 180 valence electrons. The van der Waals surface area contributed by atoms with E-state index in [9.17, 15) is 18.4 Å². The molecule has 1 aliphatic heterocycles. The van der Waals surface area contributed by atoms with Crippen LogP contribution in [0.15, 0.2) is 59.2 Å². The molecule has 8 nitrogen and oxygen atoms in total. The first kappa shape index (κ1) is 22.7. The Labute approximate surface area is 199 Å². The standard InChI is InChI=1S/C25H23F2N5O3/c1-16-22-18(23(26)27)14-19(17-6-3-2-4-7-17)28-24(22)32(29-16)15-21(33)30-9-11-31(12-10-30)25(34)20-8-5-13-35-20/h2-8,13-14,23H,9-12,15H2,1H3. The molecule has 1 saturated heterocycles. The Morgan fingerprint density at radius 3 is 2.40 bits per heavy atom. The van der Waals surface area contributed by atoms with Gasteiger partial charge in [0.2, 0.25) is 5.91 Å². The Morgan fingerprint density at radius 2 is 1.74 bits per heavy atom. The normalized spacial score (nSPS) is 14.2. The van der Waals surface area contributed by atoms with E-state index in [0.717, 1.165) is 0 Å². The van der Waals surface area contributed by atoms with Crippen LogP contribution in [0.2, 0.25) is 0 Å². The number of hydrogen-bond donors (Lipinski definition) is 0. The molecule has 1 aliphatic rings. The third-order valence-electron chi connectivity index (χ3n) is 6.15. The van der Waals surface area contributed by atoms with Crippen molar-refractivity contribution < 1.29 is 22.8 Å². The number of furan rings is 1. The molecule has 3 aromatic heterocycles. The van der Waals surface area contributed by atoms with E-state index in [1.807, 2.05) is 18.2 Å². The Balaban J connectivity index is 1.38. The Morgan fingerprint density at radius 1 is 1.03 bits per heavy atom. The number of aromatic nitrogens is 3. The third kappa shape index (κ3) is 4.39. The van der Waals surface area contributed by atoms with Gasteiger partial charge in [-0.3, -0.25) is 9.59 Å². The van der Waals surface area contributed by atoms with E-state index in [1.165, 1.54) is 17.0 Å². The van der Waals surface area contributed by atoms with Gasteiger partial charge in [0.05, 0.1) is 23.0 Å². The molecule has 0 radical (unpaired) electrons. The van der Waals surface area contributed by atoms with Crippen LogP contribution in [0.5, 0.6) is 0 Å². The van der Waals surface area contributed by atoms with Gasteiger partial charge in [-0.2, -0.15) is 5.10 Å². The van der Waals surface area contributed by atoms with Gasteiger partial charge in [0.1, 0.15) is 6.54 Å². The van der Waals surface area contributed by atoms with Crippen LogP contribution in [0.1, 0.15) is 28.2 Å². The minimum absolute atomic E-state index is 0.135. The lowest BCUT2D eigenvalue weighted by molar-refractivity contribution is -0.133. The zero-order valence-electron chi connectivity index (χ0n) is 19.0. The Hall–Kier alpha value is -4.08. The maximum atomic E-state index is 14.0. The Bertz CT molecular complexity index is 1360. The first-order chi connectivity index (χ1) is 16.9. The predicted octanol–water partition coefficient (Wildman–Crippen LogP) is 3.92. The number of piperazine rings is 1. The molecule has 10 heteroatoms. The molecule has 0 bridgehead atoms. The smallest absolute Gasteiger partial charge is 0.289 e. The maximum absolute atomic E-state index is 14.0. The highest BCUT2D eigenvalue weighted by Crippen LogP contribution is 2.33. The summed E-state index contributed by atoms with van der Waals surface area (Å²) in [7, 11) is 0. The van der Waals surface area contributed by atoms with Crippen molar-refractivity contribution in [3.05, 3.63) is 71.8 Å². The first-order valence-corrected chi connectivity index (χ1v) is 11.2. The van der Waals surface area contributed by atoms with Crippen LogP contribution >= 0.6 is 0 Å². The topological polar surface area (TPSA) is 84.5 Å². The fourth-order valence-corrected chi connectivity index (χ4v) is 4.37. The van der Waals surface area contributed by atoms with E-state index in [4.69, 9.17) is 4.42 Å². The molecule has 1 fully saturated rings. The Kier molecular flexibility index (Phi) is 6.02. The summed E-state index contributed by atoms with van der Waals surface area (Å²) in [5, 5.41) is 4.64. The lowest BCUT2D eigenvalue weighted by Gasteiger charge is -2.34. The van der Waals surface area contributed by atoms with Gasteiger partial charge in [-0.25, -0.2) is 18.4 Å². The van der Waals surface area contributed by atoms with Gasteiger partial charge >= 0.3 is 0 Å². The second-order valence-electron chi connectivity index (χ2n) is 8.36. The number of halogens is 2. The summed E-state index contributed by atoms with van der Waals surface area (Å²) in [5.74, 6) is -0.170. The molecule has 5 rings (SSSR count). The van der Waals surface area contributed by atoms with Gasteiger partial charge in [0.15, 0.2) is 11.4 Å². The second kappa shape index (κ2) is 9.28. The number of amides is 2. The number of benzene rings is 1. The number of rotatable bonds is 5. The summed E-state index contributed by atoms with van der Waals surface area (Å²) in [6.45, 7) is 2.96.